The highest BCUT2D eigenvalue weighted by atomic mass is 16.4. The van der Waals surface area contributed by atoms with Gasteiger partial charge in [-0.05, 0) is 30.3 Å². The number of nitrogens with zero attached hydrogens (tertiary/aromatic N) is 3. The number of hydrogen-bond donors (Lipinski definition) is 1. The first-order valence-electron chi connectivity index (χ1n) is 7.59. The average molecular weight is 317 g/mol. The van der Waals surface area contributed by atoms with Gasteiger partial charge in [-0.1, -0.05) is 18.2 Å². The quantitative estimate of drug-likeness (QED) is 0.451. The normalized spacial score (nSPS) is 11.2. The topological polar surface area (TPSA) is 66.3 Å². The molecule has 0 spiro atoms. The summed E-state index contributed by atoms with van der Waals surface area (Å²) in [7, 11) is 3.99. The van der Waals surface area contributed by atoms with Gasteiger partial charge in [0.1, 0.15) is 5.52 Å². The van der Waals surface area contributed by atoms with Crippen molar-refractivity contribution in [1.82, 2.24) is 9.97 Å². The Morgan fingerprint density at radius 1 is 0.875 bits per heavy atom. The van der Waals surface area contributed by atoms with E-state index in [0.717, 1.165) is 27.5 Å². The molecular weight excluding hydrogens is 302 g/mol. The Balaban J connectivity index is 2.17. The molecule has 0 aliphatic rings. The zero-order chi connectivity index (χ0) is 16.8. The van der Waals surface area contributed by atoms with E-state index in [-0.39, 0.29) is 5.56 Å². The number of carboxylic acid groups (broad SMARTS) is 1. The summed E-state index contributed by atoms with van der Waals surface area (Å²) >= 11 is 0. The van der Waals surface area contributed by atoms with Crippen LogP contribution >= 0.6 is 0 Å². The molecule has 1 N–H and O–H groups in total. The molecule has 0 radical (unpaired) electrons. The number of benzene rings is 3. The highest BCUT2D eigenvalue weighted by Gasteiger charge is 2.13. The van der Waals surface area contributed by atoms with E-state index < -0.39 is 5.97 Å². The predicted octanol–water partition coefficient (Wildman–Crippen LogP) is 3.70. The van der Waals surface area contributed by atoms with Gasteiger partial charge < -0.3 is 10.0 Å². The van der Waals surface area contributed by atoms with Crippen LogP contribution in [0.5, 0.6) is 0 Å². The lowest BCUT2D eigenvalue weighted by Crippen LogP contribution is -2.09. The summed E-state index contributed by atoms with van der Waals surface area (Å²) in [4.78, 5) is 22.8. The van der Waals surface area contributed by atoms with E-state index in [1.54, 1.807) is 18.2 Å². The fraction of sp³-hybridized carbons (Fsp3) is 0.105. The average Bonchev–Trinajstić information content (AvgIpc) is 2.58. The van der Waals surface area contributed by atoms with E-state index in [1.807, 2.05) is 49.3 Å². The molecule has 0 unspecified atom stereocenters. The number of aromatic carboxylic acids is 1. The van der Waals surface area contributed by atoms with Crippen molar-refractivity contribution in [2.45, 2.75) is 0 Å². The first kappa shape index (κ1) is 14.4. The van der Waals surface area contributed by atoms with Crippen molar-refractivity contribution in [3.05, 3.63) is 54.1 Å². The highest BCUT2D eigenvalue weighted by Crippen LogP contribution is 2.31. The molecule has 5 heteroatoms. The molecule has 3 aromatic carbocycles. The summed E-state index contributed by atoms with van der Waals surface area (Å²) < 4.78 is 0. The summed E-state index contributed by atoms with van der Waals surface area (Å²) in [6.45, 7) is 0. The molecule has 118 valence electrons. The molecule has 1 aromatic heterocycles. The van der Waals surface area contributed by atoms with Crippen LogP contribution in [0.25, 0.3) is 32.8 Å². The third-order valence-electron chi connectivity index (χ3n) is 4.18. The zero-order valence-corrected chi connectivity index (χ0v) is 13.3. The van der Waals surface area contributed by atoms with Crippen LogP contribution in [0.2, 0.25) is 0 Å². The Hall–Kier alpha value is -3.21. The maximum atomic E-state index is 11.5. The molecule has 4 rings (SSSR count). The number of para-hydroxylation sites is 1. The third kappa shape index (κ3) is 2.06. The summed E-state index contributed by atoms with van der Waals surface area (Å²) in [5.41, 5.74) is 3.74. The van der Waals surface area contributed by atoms with E-state index >= 15 is 0 Å². The molecular formula is C19H15N3O2. The Kier molecular flexibility index (Phi) is 3.09. The van der Waals surface area contributed by atoms with Gasteiger partial charge in [-0.15, -0.1) is 0 Å². The maximum Gasteiger partial charge on any atom is 0.337 e. The van der Waals surface area contributed by atoms with Crippen molar-refractivity contribution >= 4 is 44.5 Å². The van der Waals surface area contributed by atoms with Gasteiger partial charge in [0.25, 0.3) is 0 Å². The number of carboxylic acids is 1. The Labute approximate surface area is 138 Å². The van der Waals surface area contributed by atoms with Gasteiger partial charge in [0, 0.05) is 30.6 Å². The molecule has 4 aromatic rings. The van der Waals surface area contributed by atoms with Gasteiger partial charge in [-0.3, -0.25) is 0 Å². The molecule has 24 heavy (non-hydrogen) atoms. The predicted molar refractivity (Wildman–Crippen MR) is 95.8 cm³/mol. The molecule has 0 fully saturated rings. The largest absolute Gasteiger partial charge is 0.478 e. The van der Waals surface area contributed by atoms with Crippen LogP contribution < -0.4 is 4.90 Å². The molecule has 0 amide bonds. The van der Waals surface area contributed by atoms with Crippen molar-refractivity contribution in [3.63, 3.8) is 0 Å². The fourth-order valence-corrected chi connectivity index (χ4v) is 3.06. The number of hydrogen-bond acceptors (Lipinski definition) is 4. The molecule has 0 bridgehead atoms. The number of fused-ring (bicyclic) bond motifs is 4. The molecule has 1 heterocycles. The number of carbonyl (C=O) groups is 1. The fourth-order valence-electron chi connectivity index (χ4n) is 3.06. The minimum Gasteiger partial charge on any atom is -0.478 e. The zero-order valence-electron chi connectivity index (χ0n) is 13.3. The van der Waals surface area contributed by atoms with Gasteiger partial charge in [0.15, 0.2) is 0 Å². The highest BCUT2D eigenvalue weighted by molar-refractivity contribution is 6.11. The van der Waals surface area contributed by atoms with E-state index in [0.29, 0.717) is 11.0 Å². The second-order valence-electron chi connectivity index (χ2n) is 5.90. The number of anilines is 1. The second kappa shape index (κ2) is 5.16. The van der Waals surface area contributed by atoms with Crippen LogP contribution in [0.3, 0.4) is 0 Å². The lowest BCUT2D eigenvalue weighted by Gasteiger charge is -2.16. The molecule has 0 atom stereocenters. The monoisotopic (exact) mass is 317 g/mol. The van der Waals surface area contributed by atoms with E-state index in [9.17, 15) is 9.90 Å². The maximum absolute atomic E-state index is 11.5. The standard InChI is InChI=1S/C19H15N3O2/c1-22(2)16-8-4-5-12-11(16)9-10-15-17(12)21-18-13(19(23)24)6-3-7-14(18)20-15/h3-10H,1-2H3,(H,23,24). The van der Waals surface area contributed by atoms with Crippen LogP contribution in [0.1, 0.15) is 10.4 Å². The summed E-state index contributed by atoms with van der Waals surface area (Å²) in [5.74, 6) is -0.997. The Bertz CT molecular complexity index is 1120. The smallest absolute Gasteiger partial charge is 0.337 e. The molecule has 0 saturated heterocycles. The van der Waals surface area contributed by atoms with Gasteiger partial charge in [-0.25, -0.2) is 14.8 Å². The van der Waals surface area contributed by atoms with Crippen molar-refractivity contribution in [1.29, 1.82) is 0 Å². The SMILES string of the molecule is CN(C)c1cccc2c1ccc1nc3cccc(C(=O)O)c3nc12. The van der Waals surface area contributed by atoms with Crippen molar-refractivity contribution in [2.75, 3.05) is 19.0 Å². The summed E-state index contributed by atoms with van der Waals surface area (Å²) in [5, 5.41) is 11.4. The van der Waals surface area contributed by atoms with Gasteiger partial charge in [0.2, 0.25) is 0 Å². The van der Waals surface area contributed by atoms with E-state index in [1.165, 1.54) is 0 Å². The van der Waals surface area contributed by atoms with Crippen molar-refractivity contribution in [3.8, 4) is 0 Å². The first-order chi connectivity index (χ1) is 11.6. The minimum absolute atomic E-state index is 0.169. The summed E-state index contributed by atoms with van der Waals surface area (Å²) in [6, 6.07) is 15.0. The Morgan fingerprint density at radius 2 is 1.62 bits per heavy atom. The van der Waals surface area contributed by atoms with Crippen LogP contribution in [-0.2, 0) is 0 Å². The lowest BCUT2D eigenvalue weighted by molar-refractivity contribution is 0.0699. The van der Waals surface area contributed by atoms with Gasteiger partial charge in [0.05, 0.1) is 22.1 Å². The van der Waals surface area contributed by atoms with Crippen LogP contribution in [0.15, 0.2) is 48.5 Å². The lowest BCUT2D eigenvalue weighted by atomic mass is 10.1. The van der Waals surface area contributed by atoms with Gasteiger partial charge in [-0.2, -0.15) is 0 Å². The van der Waals surface area contributed by atoms with Crippen molar-refractivity contribution < 1.29 is 9.90 Å². The third-order valence-corrected chi connectivity index (χ3v) is 4.18. The van der Waals surface area contributed by atoms with Crippen LogP contribution in [0.4, 0.5) is 5.69 Å². The minimum atomic E-state index is -0.997. The Morgan fingerprint density at radius 3 is 2.38 bits per heavy atom. The van der Waals surface area contributed by atoms with E-state index in [2.05, 4.69) is 9.97 Å². The number of rotatable bonds is 2. The molecule has 0 aliphatic carbocycles. The first-order valence-corrected chi connectivity index (χ1v) is 7.59. The van der Waals surface area contributed by atoms with Crippen molar-refractivity contribution in [2.24, 2.45) is 0 Å². The molecule has 5 nitrogen and oxygen atoms in total. The molecule has 0 aliphatic heterocycles. The van der Waals surface area contributed by atoms with Gasteiger partial charge >= 0.3 is 5.97 Å². The second-order valence-corrected chi connectivity index (χ2v) is 5.90. The van der Waals surface area contributed by atoms with Crippen LogP contribution in [0, 0.1) is 0 Å². The van der Waals surface area contributed by atoms with E-state index in [4.69, 9.17) is 0 Å². The van der Waals surface area contributed by atoms with Crippen LogP contribution in [-0.4, -0.2) is 35.1 Å². The molecule has 0 saturated carbocycles. The summed E-state index contributed by atoms with van der Waals surface area (Å²) in [6.07, 6.45) is 0. The number of aromatic nitrogens is 2.